The van der Waals surface area contributed by atoms with Gasteiger partial charge in [-0.2, -0.15) is 0 Å². The predicted molar refractivity (Wildman–Crippen MR) is 148 cm³/mol. The number of hydrogen-bond donors (Lipinski definition) is 2. The fraction of sp³-hybridized carbons (Fsp3) is 0.310. The monoisotopic (exact) mass is 555 g/mol. The predicted octanol–water partition coefficient (Wildman–Crippen LogP) is 4.83. The van der Waals surface area contributed by atoms with Crippen molar-refractivity contribution in [2.45, 2.75) is 38.1 Å². The zero-order valence-electron chi connectivity index (χ0n) is 20.2. The summed E-state index contributed by atoms with van der Waals surface area (Å²) in [4.78, 5) is 36.9. The van der Waals surface area contributed by atoms with Crippen molar-refractivity contribution in [1.29, 1.82) is 0 Å². The van der Waals surface area contributed by atoms with Crippen LogP contribution >= 0.6 is 23.2 Å². The minimum Gasteiger partial charge on any atom is -0.390 e. The first-order valence-electron chi connectivity index (χ1n) is 12.0. The van der Waals surface area contributed by atoms with Crippen LogP contribution in [0.4, 0.5) is 0 Å². The van der Waals surface area contributed by atoms with Gasteiger partial charge >= 0.3 is 0 Å². The van der Waals surface area contributed by atoms with Gasteiger partial charge in [-0.25, -0.2) is 5.48 Å². The number of fused-ring (bicyclic) bond motifs is 1. The van der Waals surface area contributed by atoms with E-state index in [1.165, 1.54) is 0 Å². The Hall–Kier alpha value is -2.94. The molecule has 4 atom stereocenters. The molecule has 38 heavy (non-hydrogen) atoms. The number of carbonyl (C=O) groups excluding carboxylic acids is 2. The number of carbonyl (C=O) groups is 2. The van der Waals surface area contributed by atoms with Crippen molar-refractivity contribution in [2.24, 2.45) is 0 Å². The number of likely N-dealkylation sites (tertiary alicyclic amines) is 1. The highest BCUT2D eigenvalue weighted by Gasteiger charge is 2.50. The number of rotatable bonds is 6. The second kappa shape index (κ2) is 11.8. The van der Waals surface area contributed by atoms with Gasteiger partial charge in [-0.15, -0.1) is 0 Å². The number of nitrogens with zero attached hydrogens (tertiary/aromatic N) is 2. The van der Waals surface area contributed by atoms with E-state index >= 15 is 0 Å². The van der Waals surface area contributed by atoms with Crippen molar-refractivity contribution in [2.75, 3.05) is 20.1 Å². The lowest BCUT2D eigenvalue weighted by Gasteiger charge is -2.45. The van der Waals surface area contributed by atoms with Gasteiger partial charge in [0.1, 0.15) is 0 Å². The van der Waals surface area contributed by atoms with Crippen LogP contribution in [-0.4, -0.2) is 59.0 Å². The third kappa shape index (κ3) is 5.44. The molecule has 7 nitrogen and oxygen atoms in total. The Morgan fingerprint density at radius 3 is 2.42 bits per heavy atom. The summed E-state index contributed by atoms with van der Waals surface area (Å²) in [6.07, 6.45) is -0.786. The van der Waals surface area contributed by atoms with Crippen molar-refractivity contribution >= 4 is 35.0 Å². The number of aliphatic hydroxyl groups is 1. The molecular formula is C29H31Cl2N3O4. The van der Waals surface area contributed by atoms with Gasteiger partial charge in [0.2, 0.25) is 0 Å². The van der Waals surface area contributed by atoms with Crippen molar-refractivity contribution in [3.05, 3.63) is 105 Å². The van der Waals surface area contributed by atoms with E-state index < -0.39 is 30.0 Å². The number of amides is 2. The van der Waals surface area contributed by atoms with Gasteiger partial charge in [0, 0.05) is 28.7 Å². The van der Waals surface area contributed by atoms with Gasteiger partial charge in [0.25, 0.3) is 11.8 Å². The van der Waals surface area contributed by atoms with Crippen LogP contribution in [0.2, 0.25) is 10.0 Å². The summed E-state index contributed by atoms with van der Waals surface area (Å²) in [5.74, 6) is -1.53. The van der Waals surface area contributed by atoms with Crippen LogP contribution in [0.15, 0.2) is 72.8 Å². The Labute approximate surface area is 232 Å². The fourth-order valence-corrected chi connectivity index (χ4v) is 5.85. The maximum atomic E-state index is 13.9. The summed E-state index contributed by atoms with van der Waals surface area (Å²) >= 11 is 12.9. The molecule has 0 spiro atoms. The van der Waals surface area contributed by atoms with E-state index in [0.717, 1.165) is 5.56 Å². The van der Waals surface area contributed by atoms with Crippen LogP contribution in [0.1, 0.15) is 46.4 Å². The average molecular weight is 556 g/mol. The van der Waals surface area contributed by atoms with Crippen LogP contribution in [0.3, 0.4) is 0 Å². The molecule has 2 heterocycles. The molecule has 0 radical (unpaired) electrons. The molecule has 2 amide bonds. The molecule has 2 aliphatic rings. The number of likely N-dealkylation sites (N-methyl/N-ethyl adjacent to an activating group) is 1. The molecule has 0 aliphatic carbocycles. The first-order valence-corrected chi connectivity index (χ1v) is 12.8. The highest BCUT2D eigenvalue weighted by atomic mass is 35.5. The molecular weight excluding hydrogens is 525 g/mol. The smallest absolute Gasteiger partial charge is 0.255 e. The number of hydrogen-bond acceptors (Lipinski definition) is 5. The van der Waals surface area contributed by atoms with Crippen LogP contribution in [0, 0.1) is 0 Å². The Morgan fingerprint density at radius 2 is 1.74 bits per heavy atom. The molecule has 0 saturated carbocycles. The molecule has 0 aromatic heterocycles. The number of halogens is 2. The molecule has 1 saturated heterocycles. The van der Waals surface area contributed by atoms with E-state index in [1.807, 2.05) is 42.3 Å². The zero-order chi connectivity index (χ0) is 26.1. The molecule has 2 aliphatic heterocycles. The summed E-state index contributed by atoms with van der Waals surface area (Å²) in [5, 5.41) is 11.7. The summed E-state index contributed by atoms with van der Waals surface area (Å²) in [5.41, 5.74) is 5.05. The van der Waals surface area contributed by atoms with Crippen LogP contribution in [0.5, 0.6) is 0 Å². The molecule has 5 rings (SSSR count). The zero-order valence-corrected chi connectivity index (χ0v) is 21.7. The maximum Gasteiger partial charge on any atom is 0.255 e. The van der Waals surface area contributed by atoms with Crippen LogP contribution in [0.25, 0.3) is 0 Å². The van der Waals surface area contributed by atoms with E-state index in [1.54, 1.807) is 47.4 Å². The van der Waals surface area contributed by atoms with Crippen molar-refractivity contribution in [3.8, 4) is 0 Å². The molecule has 3 aromatic carbocycles. The van der Waals surface area contributed by atoms with Gasteiger partial charge in [-0.1, -0.05) is 85.2 Å². The van der Waals surface area contributed by atoms with Gasteiger partial charge in [0.15, 0.2) is 0 Å². The van der Waals surface area contributed by atoms with Gasteiger partial charge in [-0.3, -0.25) is 14.4 Å². The van der Waals surface area contributed by atoms with Crippen molar-refractivity contribution in [3.63, 3.8) is 0 Å². The number of hydroxylamine groups is 1. The second-order valence-corrected chi connectivity index (χ2v) is 10.3. The first kappa shape index (κ1) is 28.1. The van der Waals surface area contributed by atoms with Crippen molar-refractivity contribution < 1.29 is 19.5 Å². The van der Waals surface area contributed by atoms with Gasteiger partial charge in [0.05, 0.1) is 30.7 Å². The number of nitrogens with one attached hydrogen (secondary N) is 1. The van der Waals surface area contributed by atoms with Crippen molar-refractivity contribution in [1.82, 2.24) is 15.3 Å². The quantitative estimate of drug-likeness (QED) is 0.425. The Balaban J connectivity index is 0.00000336. The van der Waals surface area contributed by atoms with Gasteiger partial charge in [-0.05, 0) is 41.9 Å². The molecule has 200 valence electrons. The molecule has 1 fully saturated rings. The standard InChI is InChI=1S/C28H27Cl2N3O4.CH4/c1-32-14-23(24(34)15-32)33-26(21-12-11-18(29)13-22(21)30)25(19-9-5-6-10-20(19)28(33)36)27(35)31-37-16-17-7-3-2-4-8-17;/h2-13,23-26,34H,14-16H2,1H3,(H,31,35);1H4. The average Bonchev–Trinajstić information content (AvgIpc) is 3.22. The lowest BCUT2D eigenvalue weighted by Crippen LogP contribution is -2.54. The van der Waals surface area contributed by atoms with Gasteiger partial charge < -0.3 is 14.9 Å². The fourth-order valence-electron chi connectivity index (χ4n) is 5.33. The molecule has 9 heteroatoms. The van der Waals surface area contributed by atoms with Crippen LogP contribution < -0.4 is 5.48 Å². The molecule has 0 bridgehead atoms. The summed E-state index contributed by atoms with van der Waals surface area (Å²) in [7, 11) is 1.89. The summed E-state index contributed by atoms with van der Waals surface area (Å²) < 4.78 is 0. The summed E-state index contributed by atoms with van der Waals surface area (Å²) in [6.45, 7) is 1.05. The molecule has 2 N–H and O–H groups in total. The largest absolute Gasteiger partial charge is 0.390 e. The third-order valence-electron chi connectivity index (χ3n) is 6.99. The highest BCUT2D eigenvalue weighted by Crippen LogP contribution is 2.47. The Morgan fingerprint density at radius 1 is 1.03 bits per heavy atom. The summed E-state index contributed by atoms with van der Waals surface area (Å²) in [6, 6.07) is 20.2. The SMILES string of the molecule is C.CN1CC(O)C(N2C(=O)c3ccccc3C(C(=O)NOCc3ccccc3)C2c2ccc(Cl)cc2Cl)C1. The lowest BCUT2D eigenvalue weighted by atomic mass is 9.78. The van der Waals surface area contributed by atoms with Crippen LogP contribution in [-0.2, 0) is 16.2 Å². The number of benzene rings is 3. The molecule has 3 aromatic rings. The number of aliphatic hydroxyl groups excluding tert-OH is 1. The first-order chi connectivity index (χ1) is 17.8. The maximum absolute atomic E-state index is 13.9. The van der Waals surface area contributed by atoms with E-state index in [0.29, 0.717) is 39.8 Å². The highest BCUT2D eigenvalue weighted by molar-refractivity contribution is 6.35. The minimum absolute atomic E-state index is 0. The normalized spacial score (nSPS) is 23.1. The Bertz CT molecular complexity index is 1310. The Kier molecular flexibility index (Phi) is 8.75. The minimum atomic E-state index is -0.846. The topological polar surface area (TPSA) is 82.1 Å². The van der Waals surface area contributed by atoms with E-state index in [2.05, 4.69) is 5.48 Å². The number of β-amino-alcohol motifs (C(OH)–C–C–N with tert-alkyl or cyclic N) is 1. The molecule has 4 unspecified atom stereocenters. The van der Waals surface area contributed by atoms with E-state index in [-0.39, 0.29) is 19.9 Å². The lowest BCUT2D eigenvalue weighted by molar-refractivity contribution is -0.138. The second-order valence-electron chi connectivity index (χ2n) is 9.48. The van der Waals surface area contributed by atoms with E-state index in [9.17, 15) is 14.7 Å². The van der Waals surface area contributed by atoms with E-state index in [4.69, 9.17) is 28.0 Å². The third-order valence-corrected chi connectivity index (χ3v) is 7.56.